The molecule has 9 aromatic carbocycles. The number of rotatable bonds is 5. The molecular weight excluding hydrogens is 577 g/mol. The van der Waals surface area contributed by atoms with Gasteiger partial charge in [-0.05, 0) is 93.7 Å². The van der Waals surface area contributed by atoms with Crippen LogP contribution in [0.4, 0.5) is 0 Å². The molecule has 0 unspecified atom stereocenters. The van der Waals surface area contributed by atoms with Crippen LogP contribution in [-0.4, -0.2) is 0 Å². The van der Waals surface area contributed by atoms with E-state index in [0.29, 0.717) is 0 Å². The fourth-order valence-electron chi connectivity index (χ4n) is 7.39. The number of fused-ring (bicyclic) bond motifs is 4. The van der Waals surface area contributed by atoms with E-state index in [4.69, 9.17) is 0 Å². The van der Waals surface area contributed by atoms with Gasteiger partial charge in [0.1, 0.15) is 0 Å². The molecule has 0 fully saturated rings. The molecule has 0 saturated heterocycles. The van der Waals surface area contributed by atoms with Gasteiger partial charge in [0.05, 0.1) is 0 Å². The van der Waals surface area contributed by atoms with Crippen LogP contribution >= 0.6 is 0 Å². The Hall–Kier alpha value is -6.24. The molecule has 0 bridgehead atoms. The topological polar surface area (TPSA) is 0 Å². The van der Waals surface area contributed by atoms with Gasteiger partial charge in [-0.15, -0.1) is 0 Å². The van der Waals surface area contributed by atoms with E-state index in [1.807, 2.05) is 0 Å². The van der Waals surface area contributed by atoms with Gasteiger partial charge in [-0.25, -0.2) is 0 Å². The minimum absolute atomic E-state index is 1.20. The highest BCUT2D eigenvalue weighted by atomic mass is 14.2. The van der Waals surface area contributed by atoms with Crippen LogP contribution in [0, 0.1) is 0 Å². The molecule has 0 nitrogen and oxygen atoms in total. The van der Waals surface area contributed by atoms with Gasteiger partial charge in [-0.1, -0.05) is 188 Å². The highest BCUT2D eigenvalue weighted by Crippen LogP contribution is 2.44. The van der Waals surface area contributed by atoms with Crippen molar-refractivity contribution in [2.75, 3.05) is 0 Å². The summed E-state index contributed by atoms with van der Waals surface area (Å²) in [5.74, 6) is 0. The second-order valence-corrected chi connectivity index (χ2v) is 12.5. The smallest absolute Gasteiger partial charge is 0.00262 e. The fraction of sp³-hybridized carbons (Fsp3) is 0. The SMILES string of the molecule is C(=Cc1cccc2c(-c3ccc(-c4c5ccccc5c(-c5ccc6ccccc6c5)c5ccccc45)cc3)cccc12)c1ccccc1. The molecule has 0 radical (unpaired) electrons. The van der Waals surface area contributed by atoms with Crippen molar-refractivity contribution in [3.63, 3.8) is 0 Å². The molecule has 0 heteroatoms. The third-order valence-corrected chi connectivity index (χ3v) is 9.66. The monoisotopic (exact) mass is 608 g/mol. The molecule has 48 heavy (non-hydrogen) atoms. The van der Waals surface area contributed by atoms with E-state index in [9.17, 15) is 0 Å². The van der Waals surface area contributed by atoms with Crippen molar-refractivity contribution < 1.29 is 0 Å². The minimum atomic E-state index is 1.20. The molecule has 0 spiro atoms. The summed E-state index contributed by atoms with van der Waals surface area (Å²) in [4.78, 5) is 0. The van der Waals surface area contributed by atoms with Crippen LogP contribution in [0.15, 0.2) is 182 Å². The van der Waals surface area contributed by atoms with E-state index >= 15 is 0 Å². The third-order valence-electron chi connectivity index (χ3n) is 9.66. The summed E-state index contributed by atoms with van der Waals surface area (Å²) in [6, 6.07) is 66.2. The highest BCUT2D eigenvalue weighted by Gasteiger charge is 2.17. The molecule has 0 aliphatic carbocycles. The first-order chi connectivity index (χ1) is 23.8. The molecule has 9 rings (SSSR count). The maximum Gasteiger partial charge on any atom is -0.00262 e. The van der Waals surface area contributed by atoms with Crippen LogP contribution in [0.3, 0.4) is 0 Å². The third kappa shape index (κ3) is 4.87. The molecule has 0 atom stereocenters. The van der Waals surface area contributed by atoms with Gasteiger partial charge < -0.3 is 0 Å². The molecule has 0 aromatic heterocycles. The first-order valence-corrected chi connectivity index (χ1v) is 16.6. The Labute approximate surface area is 280 Å². The van der Waals surface area contributed by atoms with Crippen molar-refractivity contribution in [3.05, 3.63) is 193 Å². The zero-order chi connectivity index (χ0) is 31.9. The van der Waals surface area contributed by atoms with Crippen LogP contribution < -0.4 is 0 Å². The van der Waals surface area contributed by atoms with Gasteiger partial charge in [0.15, 0.2) is 0 Å². The van der Waals surface area contributed by atoms with Crippen LogP contribution in [0.5, 0.6) is 0 Å². The highest BCUT2D eigenvalue weighted by molar-refractivity contribution is 6.21. The molecule has 0 aliphatic rings. The summed E-state index contributed by atoms with van der Waals surface area (Å²) >= 11 is 0. The summed E-state index contributed by atoms with van der Waals surface area (Å²) in [5.41, 5.74) is 9.93. The summed E-state index contributed by atoms with van der Waals surface area (Å²) < 4.78 is 0. The van der Waals surface area contributed by atoms with Crippen LogP contribution in [0.25, 0.3) is 88.6 Å². The molecule has 0 amide bonds. The van der Waals surface area contributed by atoms with Gasteiger partial charge in [0.25, 0.3) is 0 Å². The largest absolute Gasteiger partial charge is 0.0622 e. The quantitative estimate of drug-likeness (QED) is 0.135. The van der Waals surface area contributed by atoms with Crippen molar-refractivity contribution in [2.24, 2.45) is 0 Å². The Morgan fingerprint density at radius 1 is 0.292 bits per heavy atom. The first kappa shape index (κ1) is 28.0. The van der Waals surface area contributed by atoms with Crippen LogP contribution in [-0.2, 0) is 0 Å². The maximum atomic E-state index is 2.34. The van der Waals surface area contributed by atoms with Gasteiger partial charge in [0.2, 0.25) is 0 Å². The molecular formula is C48H32. The zero-order valence-corrected chi connectivity index (χ0v) is 26.5. The summed E-state index contributed by atoms with van der Waals surface area (Å²) in [5, 5.41) is 10.1. The van der Waals surface area contributed by atoms with Crippen molar-refractivity contribution >= 4 is 55.2 Å². The number of benzene rings is 9. The lowest BCUT2D eigenvalue weighted by Crippen LogP contribution is -1.91. The van der Waals surface area contributed by atoms with Gasteiger partial charge in [0, 0.05) is 0 Å². The van der Waals surface area contributed by atoms with Crippen LogP contribution in [0.1, 0.15) is 11.1 Å². The van der Waals surface area contributed by atoms with Gasteiger partial charge in [-0.3, -0.25) is 0 Å². The summed E-state index contributed by atoms with van der Waals surface area (Å²) in [6.45, 7) is 0. The summed E-state index contributed by atoms with van der Waals surface area (Å²) in [6.07, 6.45) is 4.42. The normalized spacial score (nSPS) is 11.7. The average molecular weight is 609 g/mol. The Balaban J connectivity index is 1.17. The lowest BCUT2D eigenvalue weighted by Gasteiger charge is -2.18. The maximum absolute atomic E-state index is 2.34. The Kier molecular flexibility index (Phi) is 6.91. The van der Waals surface area contributed by atoms with E-state index in [0.717, 1.165) is 0 Å². The molecule has 0 saturated carbocycles. The Morgan fingerprint density at radius 3 is 1.52 bits per heavy atom. The minimum Gasteiger partial charge on any atom is -0.0622 e. The van der Waals surface area contributed by atoms with Crippen molar-refractivity contribution in [1.29, 1.82) is 0 Å². The van der Waals surface area contributed by atoms with E-state index in [-0.39, 0.29) is 0 Å². The van der Waals surface area contributed by atoms with Gasteiger partial charge >= 0.3 is 0 Å². The van der Waals surface area contributed by atoms with E-state index in [2.05, 4.69) is 194 Å². The second kappa shape index (κ2) is 11.8. The average Bonchev–Trinajstić information content (AvgIpc) is 3.16. The van der Waals surface area contributed by atoms with Crippen molar-refractivity contribution in [3.8, 4) is 33.4 Å². The molecule has 0 heterocycles. The van der Waals surface area contributed by atoms with E-state index in [1.165, 1.54) is 87.6 Å². The number of hydrogen-bond donors (Lipinski definition) is 0. The first-order valence-electron chi connectivity index (χ1n) is 16.6. The van der Waals surface area contributed by atoms with Crippen molar-refractivity contribution in [2.45, 2.75) is 0 Å². The van der Waals surface area contributed by atoms with Crippen molar-refractivity contribution in [1.82, 2.24) is 0 Å². The van der Waals surface area contributed by atoms with Gasteiger partial charge in [-0.2, -0.15) is 0 Å². The Morgan fingerprint density at radius 2 is 0.812 bits per heavy atom. The van der Waals surface area contributed by atoms with Crippen LogP contribution in [0.2, 0.25) is 0 Å². The Bertz CT molecular complexity index is 2580. The predicted molar refractivity (Wildman–Crippen MR) is 208 cm³/mol. The lowest BCUT2D eigenvalue weighted by atomic mass is 9.85. The summed E-state index contributed by atoms with van der Waals surface area (Å²) in [7, 11) is 0. The zero-order valence-electron chi connectivity index (χ0n) is 26.5. The molecule has 0 N–H and O–H groups in total. The number of hydrogen-bond acceptors (Lipinski definition) is 0. The lowest BCUT2D eigenvalue weighted by molar-refractivity contribution is 1.63. The molecule has 224 valence electrons. The molecule has 9 aromatic rings. The fourth-order valence-corrected chi connectivity index (χ4v) is 7.39. The van der Waals surface area contributed by atoms with E-state index < -0.39 is 0 Å². The second-order valence-electron chi connectivity index (χ2n) is 12.5. The van der Waals surface area contributed by atoms with E-state index in [1.54, 1.807) is 0 Å². The standard InChI is InChI=1S/C48H32/c1-2-12-33(13-3-1)24-25-35-16-10-23-42-40(35)21-11-22-41(42)36-27-29-37(30-28-36)47-43-17-6-8-19-45(43)48(46-20-9-7-18-44(46)47)39-31-26-34-14-4-5-15-38(34)32-39/h1-32H. The predicted octanol–water partition coefficient (Wildman–Crippen LogP) is 13.5. The molecule has 0 aliphatic heterocycles.